The van der Waals surface area contributed by atoms with Crippen molar-refractivity contribution in [3.8, 4) is 28.3 Å². The molecule has 1 aliphatic rings. The van der Waals surface area contributed by atoms with Gasteiger partial charge in [0.05, 0.1) is 22.3 Å². The highest BCUT2D eigenvalue weighted by Crippen LogP contribution is 2.32. The van der Waals surface area contributed by atoms with Crippen molar-refractivity contribution >= 4 is 28.2 Å². The molecule has 0 saturated heterocycles. The third-order valence-corrected chi connectivity index (χ3v) is 5.88. The van der Waals surface area contributed by atoms with Gasteiger partial charge in [-0.3, -0.25) is 9.36 Å². The van der Waals surface area contributed by atoms with Gasteiger partial charge in [-0.25, -0.2) is 9.50 Å². The molecule has 0 radical (unpaired) electrons. The molecule has 32 heavy (non-hydrogen) atoms. The van der Waals surface area contributed by atoms with Crippen molar-refractivity contribution in [1.82, 2.24) is 19.2 Å². The van der Waals surface area contributed by atoms with Crippen molar-refractivity contribution in [2.75, 3.05) is 13.2 Å². The zero-order valence-corrected chi connectivity index (χ0v) is 17.8. The van der Waals surface area contributed by atoms with Gasteiger partial charge < -0.3 is 9.47 Å². The Morgan fingerprint density at radius 3 is 2.59 bits per heavy atom. The lowest BCUT2D eigenvalue weighted by molar-refractivity contribution is 0.171. The minimum absolute atomic E-state index is 0.185. The number of pyridine rings is 1. The summed E-state index contributed by atoms with van der Waals surface area (Å²) in [7, 11) is 0. The number of aromatic nitrogens is 4. The Balaban J connectivity index is 1.53. The van der Waals surface area contributed by atoms with Gasteiger partial charge in [-0.15, -0.1) is 0 Å². The molecule has 4 heterocycles. The summed E-state index contributed by atoms with van der Waals surface area (Å²) < 4.78 is 14.5. The van der Waals surface area contributed by atoms with Crippen molar-refractivity contribution in [2.24, 2.45) is 0 Å². The summed E-state index contributed by atoms with van der Waals surface area (Å²) in [6.07, 6.45) is 3.36. The van der Waals surface area contributed by atoms with Gasteiger partial charge in [-0.05, 0) is 42.8 Å². The average molecular weight is 445 g/mol. The largest absolute Gasteiger partial charge is 0.486 e. The van der Waals surface area contributed by atoms with E-state index in [1.54, 1.807) is 21.5 Å². The molecule has 0 fully saturated rings. The summed E-state index contributed by atoms with van der Waals surface area (Å²) in [5.41, 5.74) is 4.60. The van der Waals surface area contributed by atoms with E-state index in [1.807, 2.05) is 55.5 Å². The highest BCUT2D eigenvalue weighted by Gasteiger charge is 2.18. The standard InChI is InChI=1S/C24H17ClN4O3/c1-14-22(15-2-4-16(25)5-3-15)23-26-13-18-19(29(23)27-14)8-9-28(24(18)30)17-6-7-20-21(12-17)32-11-10-31-20/h2-9,12-13H,10-11H2,1H3. The van der Waals surface area contributed by atoms with Crippen molar-refractivity contribution in [1.29, 1.82) is 0 Å². The lowest BCUT2D eigenvalue weighted by atomic mass is 10.1. The molecule has 0 unspecified atom stereocenters. The molecule has 2 aromatic carbocycles. The van der Waals surface area contributed by atoms with Gasteiger partial charge in [0.15, 0.2) is 17.1 Å². The molecule has 3 aromatic heterocycles. The molecule has 158 valence electrons. The van der Waals surface area contributed by atoms with E-state index < -0.39 is 0 Å². The molecule has 7 nitrogen and oxygen atoms in total. The molecule has 0 N–H and O–H groups in total. The second-order valence-corrected chi connectivity index (χ2v) is 8.02. The lowest BCUT2D eigenvalue weighted by Crippen LogP contribution is -2.20. The number of hydrogen-bond donors (Lipinski definition) is 0. The number of halogens is 1. The SMILES string of the molecule is Cc1nn2c(ncc3c(=O)n(-c4ccc5c(c4)OCCO5)ccc32)c1-c1ccc(Cl)cc1. The quantitative estimate of drug-likeness (QED) is 0.402. The maximum absolute atomic E-state index is 13.3. The lowest BCUT2D eigenvalue weighted by Gasteiger charge is -2.19. The number of aryl methyl sites for hydroxylation is 1. The average Bonchev–Trinajstić information content (AvgIpc) is 3.16. The van der Waals surface area contributed by atoms with Crippen LogP contribution in [0.4, 0.5) is 0 Å². The number of fused-ring (bicyclic) bond motifs is 4. The Hall–Kier alpha value is -3.84. The van der Waals surface area contributed by atoms with Crippen molar-refractivity contribution in [2.45, 2.75) is 6.92 Å². The molecule has 0 amide bonds. The molecular weight excluding hydrogens is 428 g/mol. The topological polar surface area (TPSA) is 70.7 Å². The van der Waals surface area contributed by atoms with E-state index in [0.29, 0.717) is 52.0 Å². The van der Waals surface area contributed by atoms with Crippen molar-refractivity contribution < 1.29 is 9.47 Å². The summed E-state index contributed by atoms with van der Waals surface area (Å²) in [4.78, 5) is 17.9. The molecule has 5 aromatic rings. The molecule has 1 aliphatic heterocycles. The van der Waals surface area contributed by atoms with E-state index in [9.17, 15) is 4.79 Å². The number of nitrogens with zero attached hydrogens (tertiary/aromatic N) is 4. The first-order valence-electron chi connectivity index (χ1n) is 10.2. The molecule has 0 aliphatic carbocycles. The van der Waals surface area contributed by atoms with Gasteiger partial charge in [0, 0.05) is 29.0 Å². The van der Waals surface area contributed by atoms with Crippen molar-refractivity contribution in [3.05, 3.63) is 82.0 Å². The number of ether oxygens (including phenoxy) is 2. The number of hydrogen-bond acceptors (Lipinski definition) is 5. The van der Waals surface area contributed by atoms with Crippen LogP contribution in [-0.4, -0.2) is 32.4 Å². The molecule has 6 rings (SSSR count). The normalized spacial score (nSPS) is 13.1. The first kappa shape index (κ1) is 18.9. The Labute approximate surface area is 187 Å². The van der Waals surface area contributed by atoms with Gasteiger partial charge in [0.25, 0.3) is 5.56 Å². The second-order valence-electron chi connectivity index (χ2n) is 7.58. The van der Waals surface area contributed by atoms with Crippen LogP contribution in [0.3, 0.4) is 0 Å². The van der Waals surface area contributed by atoms with Crippen LogP contribution in [0.1, 0.15) is 5.69 Å². The van der Waals surface area contributed by atoms with Crippen LogP contribution >= 0.6 is 11.6 Å². The minimum atomic E-state index is -0.185. The highest BCUT2D eigenvalue weighted by atomic mass is 35.5. The smallest absolute Gasteiger partial charge is 0.266 e. The molecule has 8 heteroatoms. The zero-order chi connectivity index (χ0) is 21.8. The third-order valence-electron chi connectivity index (χ3n) is 5.62. The van der Waals surface area contributed by atoms with E-state index >= 15 is 0 Å². The van der Waals surface area contributed by atoms with Gasteiger partial charge in [0.1, 0.15) is 13.2 Å². The van der Waals surface area contributed by atoms with E-state index in [0.717, 1.165) is 16.8 Å². The predicted molar refractivity (Wildman–Crippen MR) is 122 cm³/mol. The number of rotatable bonds is 2. The van der Waals surface area contributed by atoms with Crippen LogP contribution in [0.25, 0.3) is 33.4 Å². The first-order valence-corrected chi connectivity index (χ1v) is 10.5. The summed E-state index contributed by atoms with van der Waals surface area (Å²) in [6, 6.07) is 14.9. The zero-order valence-electron chi connectivity index (χ0n) is 17.1. The van der Waals surface area contributed by atoms with E-state index in [-0.39, 0.29) is 5.56 Å². The molecule has 0 spiro atoms. The predicted octanol–water partition coefficient (Wildman–Crippen LogP) is 4.43. The second kappa shape index (κ2) is 7.10. The molecule has 0 saturated carbocycles. The Kier molecular flexibility index (Phi) is 4.19. The summed E-state index contributed by atoms with van der Waals surface area (Å²) in [6.45, 7) is 2.94. The first-order chi connectivity index (χ1) is 15.6. The Bertz CT molecular complexity index is 1570. The van der Waals surface area contributed by atoms with Gasteiger partial charge in [-0.2, -0.15) is 5.10 Å². The Morgan fingerprint density at radius 1 is 1.00 bits per heavy atom. The monoisotopic (exact) mass is 444 g/mol. The van der Waals surface area contributed by atoms with E-state index in [4.69, 9.17) is 21.1 Å². The van der Waals surface area contributed by atoms with Gasteiger partial charge in [-0.1, -0.05) is 23.7 Å². The summed E-state index contributed by atoms with van der Waals surface area (Å²) in [5, 5.41) is 5.82. The van der Waals surface area contributed by atoms with Gasteiger partial charge >= 0.3 is 0 Å². The summed E-state index contributed by atoms with van der Waals surface area (Å²) >= 11 is 6.04. The van der Waals surface area contributed by atoms with Crippen LogP contribution in [-0.2, 0) is 0 Å². The minimum Gasteiger partial charge on any atom is -0.486 e. The maximum atomic E-state index is 13.3. The van der Waals surface area contributed by atoms with Gasteiger partial charge in [0.2, 0.25) is 0 Å². The summed E-state index contributed by atoms with van der Waals surface area (Å²) in [5.74, 6) is 1.31. The number of benzene rings is 2. The molecule has 0 atom stereocenters. The maximum Gasteiger partial charge on any atom is 0.266 e. The van der Waals surface area contributed by atoms with Crippen LogP contribution < -0.4 is 15.0 Å². The molecule has 0 bridgehead atoms. The fourth-order valence-electron chi connectivity index (χ4n) is 4.12. The third kappa shape index (κ3) is 2.85. The Morgan fingerprint density at radius 2 is 1.78 bits per heavy atom. The fourth-order valence-corrected chi connectivity index (χ4v) is 4.24. The molecular formula is C24H17ClN4O3. The van der Waals surface area contributed by atoms with E-state index in [1.165, 1.54) is 0 Å². The van der Waals surface area contributed by atoms with Crippen molar-refractivity contribution in [3.63, 3.8) is 0 Å². The highest BCUT2D eigenvalue weighted by molar-refractivity contribution is 6.30. The van der Waals surface area contributed by atoms with E-state index in [2.05, 4.69) is 10.1 Å². The van der Waals surface area contributed by atoms with Crippen LogP contribution in [0.5, 0.6) is 11.5 Å². The van der Waals surface area contributed by atoms with Crippen LogP contribution in [0.2, 0.25) is 5.02 Å². The van der Waals surface area contributed by atoms with Crippen LogP contribution in [0, 0.1) is 6.92 Å². The van der Waals surface area contributed by atoms with Crippen LogP contribution in [0.15, 0.2) is 65.7 Å². The fraction of sp³-hybridized carbons (Fsp3) is 0.125.